The molecule has 264 valence electrons. The highest BCUT2D eigenvalue weighted by atomic mass is 16.6. The Bertz CT molecular complexity index is 1130. The van der Waals surface area contributed by atoms with Gasteiger partial charge in [0.15, 0.2) is 6.10 Å². The van der Waals surface area contributed by atoms with Crippen LogP contribution in [-0.4, -0.2) is 54.1 Å². The molecule has 1 unspecified atom stereocenters. The molecule has 0 aliphatic carbocycles. The number of esters is 2. The molecule has 1 aromatic rings. The van der Waals surface area contributed by atoms with Crippen LogP contribution in [0.5, 0.6) is 0 Å². The molecule has 0 fully saturated rings. The SMILES string of the molecule is CCCCCCCC/C=C\CCCCCCCC(=O)Nc1ccc([C@@H](CNC(=O)C(OC(C)=O)C(C)(C)COC(C)=O)C(=O)O)cc1. The van der Waals surface area contributed by atoms with Gasteiger partial charge >= 0.3 is 17.9 Å². The maximum atomic E-state index is 13.0. The first-order chi connectivity index (χ1) is 22.4. The third-order valence-corrected chi connectivity index (χ3v) is 7.92. The Morgan fingerprint density at radius 3 is 1.89 bits per heavy atom. The van der Waals surface area contributed by atoms with E-state index in [1.54, 1.807) is 38.1 Å². The quantitative estimate of drug-likeness (QED) is 0.0557. The van der Waals surface area contributed by atoms with Crippen molar-refractivity contribution in [3.63, 3.8) is 0 Å². The Morgan fingerprint density at radius 1 is 0.809 bits per heavy atom. The Morgan fingerprint density at radius 2 is 1.36 bits per heavy atom. The van der Waals surface area contributed by atoms with Gasteiger partial charge in [-0.05, 0) is 49.8 Å². The van der Waals surface area contributed by atoms with Gasteiger partial charge in [-0.3, -0.25) is 24.0 Å². The number of unbranched alkanes of at least 4 members (excludes halogenated alkanes) is 11. The molecule has 0 aliphatic heterocycles. The molecule has 0 saturated heterocycles. The molecule has 2 atom stereocenters. The van der Waals surface area contributed by atoms with Crippen LogP contribution in [0.3, 0.4) is 0 Å². The van der Waals surface area contributed by atoms with Gasteiger partial charge in [-0.25, -0.2) is 0 Å². The molecule has 10 nitrogen and oxygen atoms in total. The molecule has 3 N–H and O–H groups in total. The van der Waals surface area contributed by atoms with E-state index >= 15 is 0 Å². The van der Waals surface area contributed by atoms with Gasteiger partial charge < -0.3 is 25.2 Å². The molecular formula is C37H58N2O8. The van der Waals surface area contributed by atoms with E-state index in [0.29, 0.717) is 17.7 Å². The van der Waals surface area contributed by atoms with E-state index < -0.39 is 41.3 Å². The molecule has 0 bridgehead atoms. The van der Waals surface area contributed by atoms with Crippen molar-refractivity contribution >= 4 is 35.4 Å². The lowest BCUT2D eigenvalue weighted by molar-refractivity contribution is -0.166. The second kappa shape index (κ2) is 23.6. The average molecular weight is 659 g/mol. The smallest absolute Gasteiger partial charge is 0.312 e. The number of hydrogen-bond acceptors (Lipinski definition) is 7. The topological polar surface area (TPSA) is 148 Å². The van der Waals surface area contributed by atoms with E-state index in [9.17, 15) is 29.1 Å². The summed E-state index contributed by atoms with van der Waals surface area (Å²) in [5, 5.41) is 15.3. The van der Waals surface area contributed by atoms with Gasteiger partial charge in [-0.2, -0.15) is 0 Å². The van der Waals surface area contributed by atoms with Crippen LogP contribution in [-0.2, 0) is 33.4 Å². The lowest BCUT2D eigenvalue weighted by Crippen LogP contribution is -2.49. The fourth-order valence-electron chi connectivity index (χ4n) is 5.12. The van der Waals surface area contributed by atoms with Crippen molar-refractivity contribution in [3.8, 4) is 0 Å². The van der Waals surface area contributed by atoms with Crippen LogP contribution in [0.1, 0.15) is 136 Å². The van der Waals surface area contributed by atoms with Crippen LogP contribution in [0.25, 0.3) is 0 Å². The summed E-state index contributed by atoms with van der Waals surface area (Å²) in [6.07, 6.45) is 19.2. The molecule has 2 amide bonds. The van der Waals surface area contributed by atoms with E-state index in [1.807, 2.05) is 0 Å². The molecule has 1 rings (SSSR count). The van der Waals surface area contributed by atoms with Gasteiger partial charge in [0.05, 0.1) is 5.92 Å². The number of carbonyl (C=O) groups is 5. The highest BCUT2D eigenvalue weighted by Crippen LogP contribution is 2.26. The first-order valence-electron chi connectivity index (χ1n) is 17.2. The number of benzene rings is 1. The Labute approximate surface area is 281 Å². The first kappa shape index (κ1) is 41.3. The van der Waals surface area contributed by atoms with Crippen molar-refractivity contribution in [2.24, 2.45) is 5.41 Å². The molecule has 1 aromatic carbocycles. The number of nitrogens with one attached hydrogen (secondary N) is 2. The minimum absolute atomic E-state index is 0.0923. The lowest BCUT2D eigenvalue weighted by Gasteiger charge is -2.32. The number of aliphatic carboxylic acids is 1. The van der Waals surface area contributed by atoms with Crippen LogP contribution in [0.2, 0.25) is 0 Å². The van der Waals surface area contributed by atoms with Crippen molar-refractivity contribution in [3.05, 3.63) is 42.0 Å². The fraction of sp³-hybridized carbons (Fsp3) is 0.649. The monoisotopic (exact) mass is 658 g/mol. The number of anilines is 1. The lowest BCUT2D eigenvalue weighted by atomic mass is 9.86. The third kappa shape index (κ3) is 18.9. The summed E-state index contributed by atoms with van der Waals surface area (Å²) in [4.78, 5) is 60.4. The fourth-order valence-corrected chi connectivity index (χ4v) is 5.12. The second-order valence-corrected chi connectivity index (χ2v) is 12.9. The van der Waals surface area contributed by atoms with E-state index in [-0.39, 0.29) is 19.1 Å². The minimum atomic E-state index is -1.31. The van der Waals surface area contributed by atoms with Crippen molar-refractivity contribution in [2.45, 2.75) is 137 Å². The number of carbonyl (C=O) groups excluding carboxylic acids is 4. The first-order valence-corrected chi connectivity index (χ1v) is 17.2. The standard InChI is InChI=1S/C37H58N2O8/c1-6-7-8-9-10-11-12-13-14-15-16-17-18-19-20-21-33(42)39-31-24-22-30(23-25-31)32(36(44)45)26-38-35(43)34(47-29(3)41)37(4,5)27-46-28(2)40/h13-14,22-25,32,34H,6-12,15-21,26-27H2,1-5H3,(H,38,43)(H,39,42)(H,44,45)/b14-13-/t32-,34?/m1/s1. The number of amides is 2. The zero-order valence-corrected chi connectivity index (χ0v) is 29.2. The number of ether oxygens (including phenoxy) is 2. The second-order valence-electron chi connectivity index (χ2n) is 12.9. The van der Waals surface area contributed by atoms with Gasteiger partial charge in [0.25, 0.3) is 5.91 Å². The van der Waals surface area contributed by atoms with Crippen LogP contribution in [0, 0.1) is 5.41 Å². The Hall–Kier alpha value is -3.69. The number of rotatable bonds is 25. The highest BCUT2D eigenvalue weighted by molar-refractivity contribution is 5.90. The average Bonchev–Trinajstić information content (AvgIpc) is 3.01. The van der Waals surface area contributed by atoms with Crippen LogP contribution < -0.4 is 10.6 Å². The van der Waals surface area contributed by atoms with Gasteiger partial charge in [0.1, 0.15) is 6.61 Å². The molecule has 0 aromatic heterocycles. The maximum absolute atomic E-state index is 13.0. The van der Waals surface area contributed by atoms with Crippen LogP contribution >= 0.6 is 0 Å². The Balaban J connectivity index is 2.45. The summed E-state index contributed by atoms with van der Waals surface area (Å²) < 4.78 is 10.2. The van der Waals surface area contributed by atoms with E-state index in [4.69, 9.17) is 9.47 Å². The summed E-state index contributed by atoms with van der Waals surface area (Å²) in [5.41, 5.74) is -0.0811. The van der Waals surface area contributed by atoms with Gasteiger partial charge in [-0.1, -0.05) is 96.4 Å². The van der Waals surface area contributed by atoms with Gasteiger partial charge in [-0.15, -0.1) is 0 Å². The molecule has 10 heteroatoms. The van der Waals surface area contributed by atoms with Crippen LogP contribution in [0.4, 0.5) is 5.69 Å². The maximum Gasteiger partial charge on any atom is 0.312 e. The third-order valence-electron chi connectivity index (χ3n) is 7.92. The molecule has 0 aliphatic rings. The normalized spacial score (nSPS) is 12.7. The predicted octanol–water partition coefficient (Wildman–Crippen LogP) is 7.47. The summed E-state index contributed by atoms with van der Waals surface area (Å²) in [7, 11) is 0. The molecule has 47 heavy (non-hydrogen) atoms. The predicted molar refractivity (Wildman–Crippen MR) is 184 cm³/mol. The molecule has 0 radical (unpaired) electrons. The van der Waals surface area contributed by atoms with Crippen molar-refractivity contribution < 1.29 is 38.6 Å². The molecular weight excluding hydrogens is 600 g/mol. The van der Waals surface area contributed by atoms with Gasteiger partial charge in [0.2, 0.25) is 5.91 Å². The number of allylic oxidation sites excluding steroid dienone is 2. The summed E-state index contributed by atoms with van der Waals surface area (Å²) >= 11 is 0. The number of carboxylic acids is 1. The minimum Gasteiger partial charge on any atom is -0.481 e. The zero-order chi connectivity index (χ0) is 35.1. The van der Waals surface area contributed by atoms with E-state index in [2.05, 4.69) is 29.7 Å². The summed E-state index contributed by atoms with van der Waals surface area (Å²) in [5.74, 6) is -4.29. The van der Waals surface area contributed by atoms with Crippen molar-refractivity contribution in [1.29, 1.82) is 0 Å². The molecule has 0 saturated carbocycles. The Kier molecular flexibility index (Phi) is 20.8. The number of hydrogen-bond donors (Lipinski definition) is 3. The van der Waals surface area contributed by atoms with E-state index in [0.717, 1.165) is 39.0 Å². The van der Waals surface area contributed by atoms with Crippen molar-refractivity contribution in [1.82, 2.24) is 5.32 Å². The van der Waals surface area contributed by atoms with Crippen LogP contribution in [0.15, 0.2) is 36.4 Å². The number of carboxylic acid groups (broad SMARTS) is 1. The van der Waals surface area contributed by atoms with E-state index in [1.165, 1.54) is 58.3 Å². The highest BCUT2D eigenvalue weighted by Gasteiger charge is 2.39. The summed E-state index contributed by atoms with van der Waals surface area (Å²) in [6, 6.07) is 6.46. The molecule has 0 spiro atoms. The van der Waals surface area contributed by atoms with Gasteiger partial charge in [0, 0.05) is 37.9 Å². The summed E-state index contributed by atoms with van der Waals surface area (Å²) in [6.45, 7) is 7.38. The molecule has 0 heterocycles. The largest absolute Gasteiger partial charge is 0.481 e. The van der Waals surface area contributed by atoms with Crippen molar-refractivity contribution in [2.75, 3.05) is 18.5 Å². The zero-order valence-electron chi connectivity index (χ0n) is 29.2.